The van der Waals surface area contributed by atoms with Crippen molar-refractivity contribution >= 4 is 17.5 Å². The van der Waals surface area contributed by atoms with Crippen LogP contribution in [0.15, 0.2) is 41.2 Å². The van der Waals surface area contributed by atoms with Gasteiger partial charge >= 0.3 is 0 Å². The number of carbonyl (C=O) groups is 2. The Labute approximate surface area is 170 Å². The summed E-state index contributed by atoms with van der Waals surface area (Å²) in [6, 6.07) is 11.0. The van der Waals surface area contributed by atoms with Gasteiger partial charge in [-0.15, -0.1) is 0 Å². The Bertz CT molecular complexity index is 995. The fourth-order valence-electron chi connectivity index (χ4n) is 4.76. The van der Waals surface area contributed by atoms with Crippen LogP contribution in [0.2, 0.25) is 0 Å². The molecular weight excluding hydrogens is 366 g/mol. The molecule has 1 spiro atoms. The number of likely N-dealkylation sites (tertiary alicyclic amines) is 1. The second kappa shape index (κ2) is 7.50. The zero-order valence-electron chi connectivity index (χ0n) is 17.0. The first-order valence-electron chi connectivity index (χ1n) is 10.4. The van der Waals surface area contributed by atoms with Gasteiger partial charge in [-0.05, 0) is 57.2 Å². The number of amides is 2. The molecule has 0 aliphatic carbocycles. The van der Waals surface area contributed by atoms with Crippen molar-refractivity contribution in [3.8, 4) is 0 Å². The van der Waals surface area contributed by atoms with Gasteiger partial charge in [0.05, 0.1) is 5.56 Å². The highest BCUT2D eigenvalue weighted by atomic mass is 16.2. The summed E-state index contributed by atoms with van der Waals surface area (Å²) in [4.78, 5) is 45.2. The normalized spacial score (nSPS) is 21.8. The second-order valence-corrected chi connectivity index (χ2v) is 8.06. The number of nitrogens with zero attached hydrogens (tertiary/aromatic N) is 2. The van der Waals surface area contributed by atoms with E-state index in [9.17, 15) is 14.4 Å². The van der Waals surface area contributed by atoms with Crippen molar-refractivity contribution in [3.05, 3.63) is 63.6 Å². The fourth-order valence-corrected chi connectivity index (χ4v) is 4.76. The van der Waals surface area contributed by atoms with Crippen molar-refractivity contribution in [2.24, 2.45) is 0 Å². The van der Waals surface area contributed by atoms with Gasteiger partial charge in [-0.25, -0.2) is 0 Å². The van der Waals surface area contributed by atoms with Gasteiger partial charge in [-0.1, -0.05) is 24.6 Å². The van der Waals surface area contributed by atoms with Crippen LogP contribution < -0.4 is 10.5 Å². The van der Waals surface area contributed by atoms with E-state index in [4.69, 9.17) is 0 Å². The van der Waals surface area contributed by atoms with Crippen molar-refractivity contribution in [3.63, 3.8) is 0 Å². The largest absolute Gasteiger partial charge is 0.325 e. The van der Waals surface area contributed by atoms with E-state index in [2.05, 4.69) is 4.98 Å². The number of pyridine rings is 1. The van der Waals surface area contributed by atoms with Gasteiger partial charge < -0.3 is 14.8 Å². The third-order valence-electron chi connectivity index (χ3n) is 6.28. The molecule has 1 N–H and O–H groups in total. The predicted octanol–water partition coefficient (Wildman–Crippen LogP) is 3.05. The van der Waals surface area contributed by atoms with Crippen LogP contribution in [0.5, 0.6) is 0 Å². The molecule has 3 heterocycles. The van der Waals surface area contributed by atoms with Crippen molar-refractivity contribution in [2.45, 2.75) is 51.5 Å². The molecular formula is C23H27N3O3. The molecule has 0 bridgehead atoms. The SMILES string of the molecule is CCc1[nH]c(=O)ccc1C(=O)N1CCCC12CCCN(c1ccc(C)cc1)C2=O. The molecule has 0 radical (unpaired) electrons. The summed E-state index contributed by atoms with van der Waals surface area (Å²) in [7, 11) is 0. The van der Waals surface area contributed by atoms with E-state index in [1.54, 1.807) is 11.0 Å². The van der Waals surface area contributed by atoms with Crippen LogP contribution in [-0.4, -0.2) is 40.3 Å². The Morgan fingerprint density at radius 2 is 1.72 bits per heavy atom. The molecule has 2 saturated heterocycles. The lowest BCUT2D eigenvalue weighted by molar-refractivity contribution is -0.130. The lowest BCUT2D eigenvalue weighted by Crippen LogP contribution is -2.61. The zero-order valence-corrected chi connectivity index (χ0v) is 17.0. The molecule has 4 rings (SSSR count). The minimum atomic E-state index is -0.790. The average Bonchev–Trinajstić information content (AvgIpc) is 3.14. The van der Waals surface area contributed by atoms with Crippen LogP contribution >= 0.6 is 0 Å². The number of H-pyrrole nitrogens is 1. The van der Waals surface area contributed by atoms with E-state index in [-0.39, 0.29) is 17.4 Å². The smallest absolute Gasteiger partial charge is 0.256 e. The topological polar surface area (TPSA) is 73.5 Å². The van der Waals surface area contributed by atoms with Crippen LogP contribution in [0.4, 0.5) is 5.69 Å². The maximum absolute atomic E-state index is 13.7. The highest BCUT2D eigenvalue weighted by Crippen LogP contribution is 2.40. The van der Waals surface area contributed by atoms with Crippen LogP contribution in [0.3, 0.4) is 0 Å². The summed E-state index contributed by atoms with van der Waals surface area (Å²) < 4.78 is 0. The van der Waals surface area contributed by atoms with Crippen molar-refractivity contribution in [2.75, 3.05) is 18.0 Å². The number of carbonyl (C=O) groups excluding carboxylic acids is 2. The lowest BCUT2D eigenvalue weighted by atomic mass is 9.84. The number of aromatic nitrogens is 1. The van der Waals surface area contributed by atoms with Gasteiger partial charge in [-0.3, -0.25) is 14.4 Å². The van der Waals surface area contributed by atoms with Crippen LogP contribution in [0.25, 0.3) is 0 Å². The van der Waals surface area contributed by atoms with Crippen LogP contribution in [0, 0.1) is 6.92 Å². The first-order valence-corrected chi connectivity index (χ1v) is 10.4. The highest BCUT2D eigenvalue weighted by molar-refractivity contribution is 6.06. The Balaban J connectivity index is 1.69. The van der Waals surface area contributed by atoms with E-state index < -0.39 is 5.54 Å². The minimum absolute atomic E-state index is 0.0147. The molecule has 2 aliphatic heterocycles. The summed E-state index contributed by atoms with van der Waals surface area (Å²) in [5, 5.41) is 0. The van der Waals surface area contributed by atoms with Crippen LogP contribution in [-0.2, 0) is 11.2 Å². The Morgan fingerprint density at radius 1 is 1.03 bits per heavy atom. The number of hydrogen-bond donors (Lipinski definition) is 1. The van der Waals surface area contributed by atoms with Gasteiger partial charge in [0.15, 0.2) is 0 Å². The molecule has 0 saturated carbocycles. The van der Waals surface area contributed by atoms with Gasteiger partial charge in [0, 0.05) is 30.5 Å². The molecule has 2 amide bonds. The quantitative estimate of drug-likeness (QED) is 0.871. The van der Waals surface area contributed by atoms with Crippen LogP contribution in [0.1, 0.15) is 54.2 Å². The maximum atomic E-state index is 13.7. The number of aryl methyl sites for hydroxylation is 2. The summed E-state index contributed by atoms with van der Waals surface area (Å²) in [5.41, 5.74) is 2.15. The first-order chi connectivity index (χ1) is 14.0. The van der Waals surface area contributed by atoms with Gasteiger partial charge in [0.25, 0.3) is 11.8 Å². The van der Waals surface area contributed by atoms with E-state index >= 15 is 0 Å². The van der Waals surface area contributed by atoms with Crippen molar-refractivity contribution in [1.29, 1.82) is 0 Å². The second-order valence-electron chi connectivity index (χ2n) is 8.06. The minimum Gasteiger partial charge on any atom is -0.325 e. The molecule has 29 heavy (non-hydrogen) atoms. The number of piperidine rings is 1. The third-order valence-corrected chi connectivity index (χ3v) is 6.28. The molecule has 2 aliphatic rings. The molecule has 1 aromatic heterocycles. The summed E-state index contributed by atoms with van der Waals surface area (Å²) in [6.45, 7) is 5.17. The standard InChI is InChI=1S/C23H27N3O3/c1-3-19-18(10-11-20(27)24-19)21(28)26-15-5-13-23(26)12-4-14-25(22(23)29)17-8-6-16(2)7-9-17/h6-11H,3-5,12-15H2,1-2H3,(H,24,27). The highest BCUT2D eigenvalue weighted by Gasteiger charge is 2.53. The van der Waals surface area contributed by atoms with E-state index in [1.807, 2.05) is 43.0 Å². The Morgan fingerprint density at radius 3 is 2.41 bits per heavy atom. The fraction of sp³-hybridized carbons (Fsp3) is 0.435. The first kappa shape index (κ1) is 19.4. The number of rotatable bonds is 3. The number of benzene rings is 1. The lowest BCUT2D eigenvalue weighted by Gasteiger charge is -2.44. The van der Waals surface area contributed by atoms with Crippen molar-refractivity contribution in [1.82, 2.24) is 9.88 Å². The summed E-state index contributed by atoms with van der Waals surface area (Å²) in [6.07, 6.45) is 3.59. The zero-order chi connectivity index (χ0) is 20.6. The average molecular weight is 393 g/mol. The number of nitrogens with one attached hydrogen (secondary N) is 1. The molecule has 1 atom stereocenters. The number of hydrogen-bond acceptors (Lipinski definition) is 3. The number of aromatic amines is 1. The molecule has 1 unspecified atom stereocenters. The molecule has 6 heteroatoms. The molecule has 6 nitrogen and oxygen atoms in total. The Hall–Kier alpha value is -2.89. The summed E-state index contributed by atoms with van der Waals surface area (Å²) in [5.74, 6) is -0.143. The third kappa shape index (κ3) is 3.26. The van der Waals surface area contributed by atoms with Gasteiger partial charge in [-0.2, -0.15) is 0 Å². The van der Waals surface area contributed by atoms with E-state index in [1.165, 1.54) is 6.07 Å². The van der Waals surface area contributed by atoms with E-state index in [0.29, 0.717) is 43.6 Å². The maximum Gasteiger partial charge on any atom is 0.256 e. The molecule has 152 valence electrons. The van der Waals surface area contributed by atoms with Crippen molar-refractivity contribution < 1.29 is 9.59 Å². The van der Waals surface area contributed by atoms with Gasteiger partial charge in [0.1, 0.15) is 5.54 Å². The molecule has 2 aromatic rings. The van der Waals surface area contributed by atoms with Gasteiger partial charge in [0.2, 0.25) is 5.56 Å². The predicted molar refractivity (Wildman–Crippen MR) is 112 cm³/mol. The monoisotopic (exact) mass is 393 g/mol. The summed E-state index contributed by atoms with van der Waals surface area (Å²) >= 11 is 0. The molecule has 1 aromatic carbocycles. The number of anilines is 1. The molecule has 2 fully saturated rings. The Kier molecular flexibility index (Phi) is 5.03. The van der Waals surface area contributed by atoms with E-state index in [0.717, 1.165) is 24.1 Å².